The molecule has 1 N–H and O–H groups in total. The van der Waals surface area contributed by atoms with Crippen molar-refractivity contribution in [3.05, 3.63) is 65.2 Å². The van der Waals surface area contributed by atoms with Crippen molar-refractivity contribution in [2.45, 2.75) is 25.4 Å². The highest BCUT2D eigenvalue weighted by molar-refractivity contribution is 6.07. The zero-order valence-corrected chi connectivity index (χ0v) is 14.7. The van der Waals surface area contributed by atoms with Crippen LogP contribution in [0.15, 0.2) is 48.5 Å². The van der Waals surface area contributed by atoms with Crippen LogP contribution in [0.3, 0.4) is 0 Å². The van der Waals surface area contributed by atoms with Crippen LogP contribution in [-0.4, -0.2) is 36.7 Å². The number of ketones is 1. The van der Waals surface area contributed by atoms with Crippen molar-refractivity contribution in [2.24, 2.45) is 0 Å². The Kier molecular flexibility index (Phi) is 4.76. The number of carbonyl (C=O) groups excluding carboxylic acids is 1. The largest absolute Gasteiger partial charge is 0.493 e. The lowest BCUT2D eigenvalue weighted by Gasteiger charge is -2.31. The van der Waals surface area contributed by atoms with Gasteiger partial charge in [0.1, 0.15) is 5.75 Å². The molecule has 2 aromatic rings. The van der Waals surface area contributed by atoms with Gasteiger partial charge in [0.2, 0.25) is 0 Å². The summed E-state index contributed by atoms with van der Waals surface area (Å²) in [4.78, 5) is 14.7. The summed E-state index contributed by atoms with van der Waals surface area (Å²) in [6.07, 6.45) is 5.84. The molecule has 2 aromatic carbocycles. The highest BCUT2D eigenvalue weighted by Crippen LogP contribution is 2.26. The van der Waals surface area contributed by atoms with Crippen LogP contribution in [-0.2, 0) is 6.42 Å². The molecule has 0 aromatic heterocycles. The van der Waals surface area contributed by atoms with E-state index in [0.717, 1.165) is 49.2 Å². The summed E-state index contributed by atoms with van der Waals surface area (Å²) >= 11 is 0. The quantitative estimate of drug-likeness (QED) is 0.678. The molecule has 26 heavy (non-hydrogen) atoms. The smallest absolute Gasteiger partial charge is 0.185 e. The number of ether oxygens (including phenoxy) is 1. The Morgan fingerprint density at radius 3 is 2.65 bits per heavy atom. The number of anilines is 1. The van der Waals surface area contributed by atoms with Gasteiger partial charge < -0.3 is 14.7 Å². The van der Waals surface area contributed by atoms with Gasteiger partial charge in [0.15, 0.2) is 5.78 Å². The first-order valence-corrected chi connectivity index (χ1v) is 9.20. The fourth-order valence-electron chi connectivity index (χ4n) is 3.53. The molecule has 4 heteroatoms. The second-order valence-corrected chi connectivity index (χ2v) is 6.93. The summed E-state index contributed by atoms with van der Waals surface area (Å²) in [6, 6.07) is 13.9. The van der Waals surface area contributed by atoms with E-state index < -0.39 is 0 Å². The normalized spacial score (nSPS) is 17.3. The van der Waals surface area contributed by atoms with E-state index in [4.69, 9.17) is 4.74 Å². The summed E-state index contributed by atoms with van der Waals surface area (Å²) in [5.74, 6) is 0.903. The molecule has 0 radical (unpaired) electrons. The van der Waals surface area contributed by atoms with Crippen LogP contribution in [0.2, 0.25) is 0 Å². The number of hydrogen-bond donors (Lipinski definition) is 1. The van der Waals surface area contributed by atoms with Gasteiger partial charge in [0, 0.05) is 30.8 Å². The van der Waals surface area contributed by atoms with Gasteiger partial charge >= 0.3 is 0 Å². The van der Waals surface area contributed by atoms with Crippen molar-refractivity contribution in [1.29, 1.82) is 0 Å². The highest BCUT2D eigenvalue weighted by atomic mass is 16.5. The van der Waals surface area contributed by atoms with Crippen LogP contribution >= 0.6 is 0 Å². The molecular weight excluding hydrogens is 326 g/mol. The number of allylic oxidation sites excluding steroid dienone is 1. The van der Waals surface area contributed by atoms with Gasteiger partial charge in [-0.25, -0.2) is 0 Å². The Labute approximate surface area is 153 Å². The van der Waals surface area contributed by atoms with E-state index in [1.54, 1.807) is 6.08 Å². The van der Waals surface area contributed by atoms with E-state index >= 15 is 0 Å². The maximum absolute atomic E-state index is 12.4. The standard InChI is InChI=1S/C22H23NO3/c24-20-9-12-23(13-10-20)19-5-1-16(2-6-19)3-7-21(25)17-4-8-22-18(15-17)11-14-26-22/h1-8,15,20,24H,9-14H2. The van der Waals surface area contributed by atoms with Crippen molar-refractivity contribution in [3.8, 4) is 5.75 Å². The minimum atomic E-state index is -0.162. The molecule has 0 aliphatic carbocycles. The molecule has 2 aliphatic heterocycles. The number of nitrogens with zero attached hydrogens (tertiary/aromatic N) is 1. The van der Waals surface area contributed by atoms with E-state index in [9.17, 15) is 9.90 Å². The van der Waals surface area contributed by atoms with Gasteiger partial charge in [-0.3, -0.25) is 4.79 Å². The van der Waals surface area contributed by atoms with E-state index in [1.807, 2.05) is 36.4 Å². The minimum Gasteiger partial charge on any atom is -0.493 e. The molecule has 0 unspecified atom stereocenters. The molecule has 0 saturated carbocycles. The Morgan fingerprint density at radius 1 is 1.12 bits per heavy atom. The summed E-state index contributed by atoms with van der Waals surface area (Å²) in [7, 11) is 0. The van der Waals surface area contributed by atoms with Crippen LogP contribution in [0, 0.1) is 0 Å². The summed E-state index contributed by atoms with van der Waals surface area (Å²) < 4.78 is 5.48. The number of piperidine rings is 1. The maximum atomic E-state index is 12.4. The topological polar surface area (TPSA) is 49.8 Å². The van der Waals surface area contributed by atoms with Crippen LogP contribution < -0.4 is 9.64 Å². The number of hydrogen-bond acceptors (Lipinski definition) is 4. The first kappa shape index (κ1) is 16.9. The Balaban J connectivity index is 1.41. The first-order valence-electron chi connectivity index (χ1n) is 9.20. The van der Waals surface area contributed by atoms with Gasteiger partial charge in [0.25, 0.3) is 0 Å². The molecule has 1 fully saturated rings. The lowest BCUT2D eigenvalue weighted by Crippen LogP contribution is -2.35. The van der Waals surface area contributed by atoms with Crippen molar-refractivity contribution >= 4 is 17.5 Å². The minimum absolute atomic E-state index is 0.00814. The van der Waals surface area contributed by atoms with Crippen molar-refractivity contribution in [3.63, 3.8) is 0 Å². The monoisotopic (exact) mass is 349 g/mol. The molecule has 0 bridgehead atoms. The highest BCUT2D eigenvalue weighted by Gasteiger charge is 2.17. The first-order chi connectivity index (χ1) is 12.7. The number of benzene rings is 2. The lowest BCUT2D eigenvalue weighted by molar-refractivity contribution is 0.104. The number of rotatable bonds is 4. The summed E-state index contributed by atoms with van der Waals surface area (Å²) in [5.41, 5.74) is 3.98. The zero-order chi connectivity index (χ0) is 17.9. The third-order valence-corrected chi connectivity index (χ3v) is 5.12. The fourth-order valence-corrected chi connectivity index (χ4v) is 3.53. The second-order valence-electron chi connectivity index (χ2n) is 6.93. The Morgan fingerprint density at radius 2 is 1.88 bits per heavy atom. The predicted molar refractivity (Wildman–Crippen MR) is 103 cm³/mol. The number of aliphatic hydroxyl groups is 1. The van der Waals surface area contributed by atoms with E-state index in [2.05, 4.69) is 17.0 Å². The molecule has 4 nitrogen and oxygen atoms in total. The third-order valence-electron chi connectivity index (χ3n) is 5.12. The van der Waals surface area contributed by atoms with Gasteiger partial charge in [-0.2, -0.15) is 0 Å². The number of carbonyl (C=O) groups is 1. The molecule has 1 saturated heterocycles. The average molecular weight is 349 g/mol. The van der Waals surface area contributed by atoms with Gasteiger partial charge in [-0.1, -0.05) is 18.2 Å². The molecule has 2 aliphatic rings. The van der Waals surface area contributed by atoms with E-state index in [0.29, 0.717) is 12.2 Å². The molecular formula is C22H23NO3. The maximum Gasteiger partial charge on any atom is 0.185 e. The van der Waals surface area contributed by atoms with Gasteiger partial charge in [0.05, 0.1) is 12.7 Å². The number of aliphatic hydroxyl groups excluding tert-OH is 1. The zero-order valence-electron chi connectivity index (χ0n) is 14.7. The van der Waals surface area contributed by atoms with Crippen LogP contribution in [0.4, 0.5) is 5.69 Å². The Hall–Kier alpha value is -2.59. The molecule has 0 amide bonds. The fraction of sp³-hybridized carbons (Fsp3) is 0.318. The van der Waals surface area contributed by atoms with Crippen molar-refractivity contribution < 1.29 is 14.6 Å². The molecule has 134 valence electrons. The van der Waals surface area contributed by atoms with Crippen molar-refractivity contribution in [2.75, 3.05) is 24.6 Å². The van der Waals surface area contributed by atoms with Gasteiger partial charge in [-0.05, 0) is 60.4 Å². The van der Waals surface area contributed by atoms with E-state index in [-0.39, 0.29) is 11.9 Å². The molecule has 4 rings (SSSR count). The van der Waals surface area contributed by atoms with E-state index in [1.165, 1.54) is 5.69 Å². The van der Waals surface area contributed by atoms with Crippen molar-refractivity contribution in [1.82, 2.24) is 0 Å². The second kappa shape index (κ2) is 7.34. The summed E-state index contributed by atoms with van der Waals surface area (Å²) in [5, 5.41) is 9.61. The molecule has 2 heterocycles. The third kappa shape index (κ3) is 3.65. The van der Waals surface area contributed by atoms with Crippen LogP contribution in [0.1, 0.15) is 34.3 Å². The van der Waals surface area contributed by atoms with Crippen LogP contribution in [0.5, 0.6) is 5.75 Å². The summed E-state index contributed by atoms with van der Waals surface area (Å²) in [6.45, 7) is 2.47. The van der Waals surface area contributed by atoms with Crippen LogP contribution in [0.25, 0.3) is 6.08 Å². The van der Waals surface area contributed by atoms with Gasteiger partial charge in [-0.15, -0.1) is 0 Å². The predicted octanol–water partition coefficient (Wildman–Crippen LogP) is 3.48. The number of fused-ring (bicyclic) bond motifs is 1. The lowest BCUT2D eigenvalue weighted by atomic mass is 10.0. The average Bonchev–Trinajstić information content (AvgIpc) is 3.15. The molecule has 0 atom stereocenters. The molecule has 0 spiro atoms. The Bertz CT molecular complexity index is 818. The SMILES string of the molecule is O=C(C=Cc1ccc(N2CCC(O)CC2)cc1)c1ccc2c(c1)CCO2.